The van der Waals surface area contributed by atoms with E-state index in [9.17, 15) is 19.3 Å². The van der Waals surface area contributed by atoms with Crippen LogP contribution in [0, 0.1) is 15.9 Å². The molecule has 0 amide bonds. The van der Waals surface area contributed by atoms with Crippen molar-refractivity contribution >= 4 is 23.2 Å². The van der Waals surface area contributed by atoms with Gasteiger partial charge in [-0.1, -0.05) is 12.1 Å². The number of nitrogens with zero attached hydrogens (tertiary/aromatic N) is 2. The third-order valence-corrected chi connectivity index (χ3v) is 4.42. The van der Waals surface area contributed by atoms with Crippen molar-refractivity contribution in [2.45, 2.75) is 0 Å². The van der Waals surface area contributed by atoms with Gasteiger partial charge in [-0.15, -0.1) is 0 Å². The van der Waals surface area contributed by atoms with Crippen molar-refractivity contribution in [1.82, 2.24) is 0 Å². The Morgan fingerprint density at radius 1 is 1.25 bits per heavy atom. The number of hydrogen-bond donors (Lipinski definition) is 0. The van der Waals surface area contributed by atoms with Gasteiger partial charge in [0.25, 0.3) is 5.69 Å². The zero-order chi connectivity index (χ0) is 20.1. The van der Waals surface area contributed by atoms with Crippen LogP contribution >= 0.6 is 0 Å². The molecule has 0 bridgehead atoms. The molecule has 0 unspecified atom stereocenters. The fourth-order valence-electron chi connectivity index (χ4n) is 2.95. The van der Waals surface area contributed by atoms with E-state index in [2.05, 4.69) is 0 Å². The third-order valence-electron chi connectivity index (χ3n) is 4.42. The van der Waals surface area contributed by atoms with Crippen molar-refractivity contribution < 1.29 is 23.6 Å². The lowest BCUT2D eigenvalue weighted by atomic mass is 10.1. The van der Waals surface area contributed by atoms with Crippen molar-refractivity contribution in [2.75, 3.05) is 38.3 Å². The number of carbonyl (C=O) groups excluding carboxylic acids is 1. The van der Waals surface area contributed by atoms with Crippen LogP contribution in [0.5, 0.6) is 5.75 Å². The maximum absolute atomic E-state index is 14.0. The van der Waals surface area contributed by atoms with Crippen LogP contribution in [0.15, 0.2) is 42.5 Å². The second kappa shape index (κ2) is 8.62. The highest BCUT2D eigenvalue weighted by Gasteiger charge is 2.21. The maximum atomic E-state index is 14.0. The molecule has 2 aromatic carbocycles. The lowest BCUT2D eigenvalue weighted by Gasteiger charge is -2.28. The number of nitro groups is 1. The molecule has 1 heterocycles. The van der Waals surface area contributed by atoms with Crippen LogP contribution in [-0.4, -0.2) is 44.1 Å². The van der Waals surface area contributed by atoms with E-state index in [1.165, 1.54) is 37.5 Å². The average molecular weight is 386 g/mol. The number of ether oxygens (including phenoxy) is 2. The van der Waals surface area contributed by atoms with E-state index >= 15 is 0 Å². The first kappa shape index (κ1) is 19.5. The van der Waals surface area contributed by atoms with Gasteiger partial charge in [-0.05, 0) is 29.8 Å². The molecule has 0 spiro atoms. The standard InChI is InChI=1S/C20H19FN2O5/c1-27-15-4-5-16(17(21)13-15)20(24)7-3-14-2-6-18(19(12-14)23(25)26)22-8-10-28-11-9-22/h2-7,12-13H,8-11H2,1H3. The number of allylic oxidation sites excluding steroid dienone is 1. The number of methoxy groups -OCH3 is 1. The maximum Gasteiger partial charge on any atom is 0.293 e. The molecule has 0 aliphatic carbocycles. The van der Waals surface area contributed by atoms with E-state index in [1.54, 1.807) is 12.1 Å². The van der Waals surface area contributed by atoms with Gasteiger partial charge in [0.2, 0.25) is 0 Å². The van der Waals surface area contributed by atoms with E-state index in [1.807, 2.05) is 4.90 Å². The summed E-state index contributed by atoms with van der Waals surface area (Å²) >= 11 is 0. The smallest absolute Gasteiger partial charge is 0.293 e. The minimum atomic E-state index is -0.692. The van der Waals surface area contributed by atoms with Gasteiger partial charge in [-0.2, -0.15) is 0 Å². The molecule has 1 saturated heterocycles. The minimum absolute atomic E-state index is 0.0490. The Balaban J connectivity index is 1.82. The summed E-state index contributed by atoms with van der Waals surface area (Å²) in [6.45, 7) is 2.18. The van der Waals surface area contributed by atoms with Gasteiger partial charge in [0.05, 0.1) is 30.8 Å². The van der Waals surface area contributed by atoms with Crippen molar-refractivity contribution in [3.63, 3.8) is 0 Å². The molecule has 146 valence electrons. The molecule has 3 rings (SSSR count). The summed E-state index contributed by atoms with van der Waals surface area (Å²) in [5.41, 5.74) is 0.840. The molecule has 7 nitrogen and oxygen atoms in total. The highest BCUT2D eigenvalue weighted by atomic mass is 19.1. The van der Waals surface area contributed by atoms with Gasteiger partial charge in [0, 0.05) is 25.2 Å². The van der Waals surface area contributed by atoms with Gasteiger partial charge >= 0.3 is 0 Å². The van der Waals surface area contributed by atoms with E-state index in [4.69, 9.17) is 9.47 Å². The van der Waals surface area contributed by atoms with E-state index < -0.39 is 16.5 Å². The minimum Gasteiger partial charge on any atom is -0.497 e. The molecule has 0 N–H and O–H groups in total. The normalized spacial score (nSPS) is 14.3. The van der Waals surface area contributed by atoms with Gasteiger partial charge in [-0.25, -0.2) is 4.39 Å². The molecule has 0 saturated carbocycles. The zero-order valence-corrected chi connectivity index (χ0v) is 15.3. The summed E-state index contributed by atoms with van der Waals surface area (Å²) in [7, 11) is 1.41. The SMILES string of the molecule is COc1ccc(C(=O)C=Cc2ccc(N3CCOCC3)c([N+](=O)[O-])c2)c(F)c1. The molecule has 0 radical (unpaired) electrons. The van der Waals surface area contributed by atoms with E-state index in [-0.39, 0.29) is 11.3 Å². The summed E-state index contributed by atoms with van der Waals surface area (Å²) in [5.74, 6) is -0.921. The third kappa shape index (κ3) is 4.34. The summed E-state index contributed by atoms with van der Waals surface area (Å²) in [5, 5.41) is 11.5. The second-order valence-electron chi connectivity index (χ2n) is 6.15. The van der Waals surface area contributed by atoms with Crippen molar-refractivity contribution in [3.8, 4) is 5.75 Å². The average Bonchev–Trinajstić information content (AvgIpc) is 2.72. The molecule has 2 aromatic rings. The lowest BCUT2D eigenvalue weighted by Crippen LogP contribution is -2.36. The Morgan fingerprint density at radius 2 is 2.00 bits per heavy atom. The molecule has 0 aromatic heterocycles. The van der Waals surface area contributed by atoms with Gasteiger partial charge in [0.1, 0.15) is 17.3 Å². The van der Waals surface area contributed by atoms with E-state index in [0.29, 0.717) is 43.3 Å². The molecule has 8 heteroatoms. The van der Waals surface area contributed by atoms with E-state index in [0.717, 1.165) is 6.07 Å². The quantitative estimate of drug-likeness (QED) is 0.327. The number of rotatable bonds is 6. The van der Waals surface area contributed by atoms with Crippen molar-refractivity contribution in [1.29, 1.82) is 0 Å². The van der Waals surface area contributed by atoms with Gasteiger partial charge in [-0.3, -0.25) is 14.9 Å². The van der Waals surface area contributed by atoms with Gasteiger partial charge in [0.15, 0.2) is 5.78 Å². The van der Waals surface area contributed by atoms with Crippen LogP contribution in [0.1, 0.15) is 15.9 Å². The Hall–Kier alpha value is -3.26. The summed E-state index contributed by atoms with van der Waals surface area (Å²) in [4.78, 5) is 25.2. The fraction of sp³-hybridized carbons (Fsp3) is 0.250. The van der Waals surface area contributed by atoms with Crippen LogP contribution in [0.3, 0.4) is 0 Å². The highest BCUT2D eigenvalue weighted by Crippen LogP contribution is 2.30. The van der Waals surface area contributed by atoms with Crippen LogP contribution in [-0.2, 0) is 4.74 Å². The zero-order valence-electron chi connectivity index (χ0n) is 15.3. The monoisotopic (exact) mass is 386 g/mol. The topological polar surface area (TPSA) is 81.9 Å². The number of benzene rings is 2. The second-order valence-corrected chi connectivity index (χ2v) is 6.15. The first-order valence-corrected chi connectivity index (χ1v) is 8.66. The Bertz CT molecular complexity index is 923. The molecule has 0 atom stereocenters. The summed E-state index contributed by atoms with van der Waals surface area (Å²) < 4.78 is 24.2. The molecule has 28 heavy (non-hydrogen) atoms. The Kier molecular flexibility index (Phi) is 6.00. The fourth-order valence-corrected chi connectivity index (χ4v) is 2.95. The predicted octanol–water partition coefficient (Wildman–Crippen LogP) is 3.48. The lowest BCUT2D eigenvalue weighted by molar-refractivity contribution is -0.384. The summed E-state index contributed by atoms with van der Waals surface area (Å²) in [6.07, 6.45) is 2.63. The number of anilines is 1. The first-order valence-electron chi connectivity index (χ1n) is 8.66. The number of morpholine rings is 1. The van der Waals surface area contributed by atoms with Crippen LogP contribution in [0.4, 0.5) is 15.8 Å². The number of nitro benzene ring substituents is 1. The number of ketones is 1. The van der Waals surface area contributed by atoms with Gasteiger partial charge < -0.3 is 14.4 Å². The first-order chi connectivity index (χ1) is 13.5. The largest absolute Gasteiger partial charge is 0.497 e. The number of halogens is 1. The Morgan fingerprint density at radius 3 is 2.64 bits per heavy atom. The van der Waals surface area contributed by atoms with Crippen LogP contribution < -0.4 is 9.64 Å². The Labute approximate surface area is 161 Å². The highest BCUT2D eigenvalue weighted by molar-refractivity contribution is 6.07. The van der Waals surface area contributed by atoms with Crippen molar-refractivity contribution in [3.05, 3.63) is 69.5 Å². The molecular formula is C20H19FN2O5. The van der Waals surface area contributed by atoms with Crippen LogP contribution in [0.25, 0.3) is 6.08 Å². The van der Waals surface area contributed by atoms with Crippen LogP contribution in [0.2, 0.25) is 0 Å². The molecule has 1 aliphatic heterocycles. The molecule has 1 aliphatic rings. The predicted molar refractivity (Wildman–Crippen MR) is 102 cm³/mol. The number of carbonyl (C=O) groups is 1. The molecule has 1 fully saturated rings. The van der Waals surface area contributed by atoms with Crippen molar-refractivity contribution in [2.24, 2.45) is 0 Å². The number of hydrogen-bond acceptors (Lipinski definition) is 6. The molecular weight excluding hydrogens is 367 g/mol. The summed E-state index contributed by atoms with van der Waals surface area (Å²) in [6, 6.07) is 8.70.